The number of nitrogens with one attached hydrogen (secondary N) is 1. The summed E-state index contributed by atoms with van der Waals surface area (Å²) < 4.78 is 1.01. The zero-order valence-corrected chi connectivity index (χ0v) is 12.0. The van der Waals surface area contributed by atoms with E-state index in [1.54, 1.807) is 6.07 Å². The summed E-state index contributed by atoms with van der Waals surface area (Å²) in [5.74, 6) is 0.269. The molecule has 0 aliphatic carbocycles. The van der Waals surface area contributed by atoms with Crippen LogP contribution in [-0.2, 0) is 0 Å². The zero-order chi connectivity index (χ0) is 13.0. The average Bonchev–Trinajstić information content (AvgIpc) is 2.28. The zero-order valence-electron chi connectivity index (χ0n) is 10.5. The molecule has 0 spiro atoms. The number of carbonyl (C=O) groups excluding carboxylic acids is 1. The maximum absolute atomic E-state index is 12.0. The van der Waals surface area contributed by atoms with E-state index < -0.39 is 0 Å². The Labute approximate surface area is 111 Å². The van der Waals surface area contributed by atoms with Gasteiger partial charge in [-0.25, -0.2) is 0 Å². The van der Waals surface area contributed by atoms with Gasteiger partial charge in [-0.05, 0) is 36.6 Å². The summed E-state index contributed by atoms with van der Waals surface area (Å²) in [6, 6.07) is 5.58. The SMILES string of the molecule is Cc1cc(C(=O)NC(CN)C(C)C)ccc1Br. The first-order valence-electron chi connectivity index (χ1n) is 5.72. The van der Waals surface area contributed by atoms with Crippen molar-refractivity contribution in [3.05, 3.63) is 33.8 Å². The Morgan fingerprint density at radius 2 is 2.12 bits per heavy atom. The summed E-state index contributed by atoms with van der Waals surface area (Å²) in [6.45, 7) is 6.51. The second kappa shape index (κ2) is 6.17. The molecule has 0 aliphatic heterocycles. The van der Waals surface area contributed by atoms with Crippen LogP contribution in [-0.4, -0.2) is 18.5 Å². The highest BCUT2D eigenvalue weighted by molar-refractivity contribution is 9.10. The number of aryl methyl sites for hydroxylation is 1. The van der Waals surface area contributed by atoms with Crippen LogP contribution >= 0.6 is 15.9 Å². The van der Waals surface area contributed by atoms with E-state index in [1.807, 2.05) is 32.9 Å². The first kappa shape index (κ1) is 14.2. The number of benzene rings is 1. The van der Waals surface area contributed by atoms with Crippen LogP contribution in [0.25, 0.3) is 0 Å². The average molecular weight is 299 g/mol. The molecule has 0 fully saturated rings. The number of hydrogen-bond acceptors (Lipinski definition) is 2. The summed E-state index contributed by atoms with van der Waals surface area (Å²) in [6.07, 6.45) is 0. The predicted octanol–water partition coefficient (Wildman–Crippen LogP) is 2.47. The minimum absolute atomic E-state index is 0.0199. The largest absolute Gasteiger partial charge is 0.348 e. The maximum atomic E-state index is 12.0. The van der Waals surface area contributed by atoms with Crippen LogP contribution in [0.15, 0.2) is 22.7 Å². The molecule has 0 aromatic heterocycles. The molecule has 0 bridgehead atoms. The summed E-state index contributed by atoms with van der Waals surface area (Å²) >= 11 is 3.41. The molecule has 1 unspecified atom stereocenters. The van der Waals surface area contributed by atoms with E-state index in [0.29, 0.717) is 18.0 Å². The lowest BCUT2D eigenvalue weighted by atomic mass is 10.0. The molecular weight excluding hydrogens is 280 g/mol. The molecule has 0 radical (unpaired) electrons. The Hall–Kier alpha value is -0.870. The smallest absolute Gasteiger partial charge is 0.251 e. The number of nitrogens with two attached hydrogens (primary N) is 1. The van der Waals surface area contributed by atoms with Gasteiger partial charge in [0.2, 0.25) is 0 Å². The molecule has 1 amide bonds. The van der Waals surface area contributed by atoms with Crippen LogP contribution in [0.2, 0.25) is 0 Å². The van der Waals surface area contributed by atoms with Crippen molar-refractivity contribution in [1.82, 2.24) is 5.32 Å². The molecule has 1 atom stereocenters. The lowest BCUT2D eigenvalue weighted by molar-refractivity contribution is 0.0927. The fourth-order valence-corrected chi connectivity index (χ4v) is 1.78. The van der Waals surface area contributed by atoms with Crippen molar-refractivity contribution in [3.63, 3.8) is 0 Å². The highest BCUT2D eigenvalue weighted by Gasteiger charge is 2.15. The Bertz CT molecular complexity index is 404. The topological polar surface area (TPSA) is 55.1 Å². The van der Waals surface area contributed by atoms with E-state index in [1.165, 1.54) is 0 Å². The van der Waals surface area contributed by atoms with Gasteiger partial charge in [0.05, 0.1) is 0 Å². The van der Waals surface area contributed by atoms with Crippen LogP contribution in [0.3, 0.4) is 0 Å². The molecule has 1 rings (SSSR count). The molecule has 4 heteroatoms. The molecule has 3 nitrogen and oxygen atoms in total. The van der Waals surface area contributed by atoms with Gasteiger partial charge < -0.3 is 11.1 Å². The Morgan fingerprint density at radius 3 is 2.59 bits per heavy atom. The normalized spacial score (nSPS) is 12.6. The monoisotopic (exact) mass is 298 g/mol. The second-order valence-corrected chi connectivity index (χ2v) is 5.38. The lowest BCUT2D eigenvalue weighted by Gasteiger charge is -2.20. The highest BCUT2D eigenvalue weighted by atomic mass is 79.9. The van der Waals surface area contributed by atoms with E-state index in [4.69, 9.17) is 5.73 Å². The lowest BCUT2D eigenvalue weighted by Crippen LogP contribution is -2.43. The van der Waals surface area contributed by atoms with Crippen LogP contribution in [0.4, 0.5) is 0 Å². The van der Waals surface area contributed by atoms with Gasteiger partial charge in [-0.2, -0.15) is 0 Å². The molecular formula is C13H19BrN2O. The van der Waals surface area contributed by atoms with Gasteiger partial charge in [-0.3, -0.25) is 4.79 Å². The third kappa shape index (κ3) is 3.82. The van der Waals surface area contributed by atoms with Crippen LogP contribution < -0.4 is 11.1 Å². The van der Waals surface area contributed by atoms with Gasteiger partial charge in [0.15, 0.2) is 0 Å². The van der Waals surface area contributed by atoms with Crippen molar-refractivity contribution < 1.29 is 4.79 Å². The summed E-state index contributed by atoms with van der Waals surface area (Å²) in [5, 5.41) is 2.95. The van der Waals surface area contributed by atoms with Crippen molar-refractivity contribution in [2.24, 2.45) is 11.7 Å². The minimum Gasteiger partial charge on any atom is -0.348 e. The predicted molar refractivity (Wildman–Crippen MR) is 74.0 cm³/mol. The molecule has 0 saturated carbocycles. The summed E-state index contributed by atoms with van der Waals surface area (Å²) in [5.41, 5.74) is 7.35. The Morgan fingerprint density at radius 1 is 1.47 bits per heavy atom. The first-order chi connectivity index (χ1) is 7.95. The number of halogens is 1. The van der Waals surface area contributed by atoms with Crippen LogP contribution in [0.1, 0.15) is 29.8 Å². The van der Waals surface area contributed by atoms with E-state index in [2.05, 4.69) is 21.2 Å². The van der Waals surface area contributed by atoms with Gasteiger partial charge in [-0.15, -0.1) is 0 Å². The third-order valence-electron chi connectivity index (χ3n) is 2.80. The van der Waals surface area contributed by atoms with Gasteiger partial charge in [-0.1, -0.05) is 29.8 Å². The standard InChI is InChI=1S/C13H19BrN2O/c1-8(2)12(7-15)16-13(17)10-4-5-11(14)9(3)6-10/h4-6,8,12H,7,15H2,1-3H3,(H,16,17). The maximum Gasteiger partial charge on any atom is 0.251 e. The number of rotatable bonds is 4. The van der Waals surface area contributed by atoms with Crippen molar-refractivity contribution >= 4 is 21.8 Å². The first-order valence-corrected chi connectivity index (χ1v) is 6.52. The van der Waals surface area contributed by atoms with Gasteiger partial charge in [0.25, 0.3) is 5.91 Å². The van der Waals surface area contributed by atoms with Gasteiger partial charge in [0.1, 0.15) is 0 Å². The van der Waals surface area contributed by atoms with Crippen molar-refractivity contribution in [1.29, 1.82) is 0 Å². The molecule has 0 heterocycles. The minimum atomic E-state index is -0.0650. The molecule has 0 aliphatic rings. The number of hydrogen-bond donors (Lipinski definition) is 2. The van der Waals surface area contributed by atoms with Crippen molar-refractivity contribution in [2.45, 2.75) is 26.8 Å². The number of amides is 1. The quantitative estimate of drug-likeness (QED) is 0.897. The molecule has 3 N–H and O–H groups in total. The van der Waals surface area contributed by atoms with E-state index in [9.17, 15) is 4.79 Å². The fourth-order valence-electron chi connectivity index (χ4n) is 1.54. The Kier molecular flexibility index (Phi) is 5.15. The second-order valence-electron chi connectivity index (χ2n) is 4.52. The van der Waals surface area contributed by atoms with E-state index in [-0.39, 0.29) is 11.9 Å². The highest BCUT2D eigenvalue weighted by Crippen LogP contribution is 2.17. The number of carbonyl (C=O) groups is 1. The Balaban J connectivity index is 2.79. The molecule has 1 aromatic rings. The van der Waals surface area contributed by atoms with Crippen LogP contribution in [0, 0.1) is 12.8 Å². The summed E-state index contributed by atoms with van der Waals surface area (Å²) in [4.78, 5) is 12.0. The van der Waals surface area contributed by atoms with Crippen LogP contribution in [0.5, 0.6) is 0 Å². The van der Waals surface area contributed by atoms with Crippen molar-refractivity contribution in [2.75, 3.05) is 6.54 Å². The van der Waals surface area contributed by atoms with Gasteiger partial charge >= 0.3 is 0 Å². The van der Waals surface area contributed by atoms with E-state index >= 15 is 0 Å². The van der Waals surface area contributed by atoms with E-state index in [0.717, 1.165) is 10.0 Å². The molecule has 17 heavy (non-hydrogen) atoms. The molecule has 1 aromatic carbocycles. The molecule has 0 saturated heterocycles. The molecule has 94 valence electrons. The summed E-state index contributed by atoms with van der Waals surface area (Å²) in [7, 11) is 0. The third-order valence-corrected chi connectivity index (χ3v) is 3.69. The van der Waals surface area contributed by atoms with Crippen molar-refractivity contribution in [3.8, 4) is 0 Å². The van der Waals surface area contributed by atoms with Gasteiger partial charge in [0, 0.05) is 22.6 Å². The fraction of sp³-hybridized carbons (Fsp3) is 0.462.